The fraction of sp³-hybridized carbons (Fsp3) is 0.562. The number of fused-ring (bicyclic) bond motifs is 1. The highest BCUT2D eigenvalue weighted by atomic mass is 32.2. The van der Waals surface area contributed by atoms with Crippen LogP contribution in [-0.2, 0) is 21.2 Å². The van der Waals surface area contributed by atoms with Crippen molar-refractivity contribution in [2.75, 3.05) is 24.5 Å². The molecule has 128 valence electrons. The highest BCUT2D eigenvalue weighted by Gasteiger charge is 2.23. The van der Waals surface area contributed by atoms with Gasteiger partial charge in [0.2, 0.25) is 15.9 Å². The molecule has 0 aliphatic carbocycles. The summed E-state index contributed by atoms with van der Waals surface area (Å²) in [5.74, 6) is -0.0609. The summed E-state index contributed by atoms with van der Waals surface area (Å²) in [5, 5.41) is 3.16. The number of anilines is 1. The fourth-order valence-corrected chi connectivity index (χ4v) is 3.94. The van der Waals surface area contributed by atoms with Crippen LogP contribution in [-0.4, -0.2) is 40.0 Å². The van der Waals surface area contributed by atoms with E-state index in [1.807, 2.05) is 19.9 Å². The van der Waals surface area contributed by atoms with Crippen LogP contribution in [0.25, 0.3) is 0 Å². The molecule has 23 heavy (non-hydrogen) atoms. The third-order valence-corrected chi connectivity index (χ3v) is 5.42. The van der Waals surface area contributed by atoms with Crippen LogP contribution < -0.4 is 14.9 Å². The second kappa shape index (κ2) is 7.42. The Hall–Kier alpha value is -1.44. The van der Waals surface area contributed by atoms with Crippen LogP contribution in [0.3, 0.4) is 0 Å². The number of carbonyl (C=O) groups is 1. The number of amides is 1. The summed E-state index contributed by atoms with van der Waals surface area (Å²) in [7, 11) is -3.58. The molecular weight excluding hydrogens is 314 g/mol. The van der Waals surface area contributed by atoms with E-state index in [1.54, 1.807) is 17.0 Å². The molecule has 1 aliphatic rings. The van der Waals surface area contributed by atoms with Gasteiger partial charge in [0.05, 0.1) is 4.90 Å². The summed E-state index contributed by atoms with van der Waals surface area (Å²) in [6, 6.07) is 5.09. The maximum Gasteiger partial charge on any atom is 0.240 e. The van der Waals surface area contributed by atoms with E-state index in [1.165, 1.54) is 6.92 Å². The zero-order valence-electron chi connectivity index (χ0n) is 13.9. The van der Waals surface area contributed by atoms with Gasteiger partial charge in [0.1, 0.15) is 0 Å². The molecule has 1 atom stereocenters. The lowest BCUT2D eigenvalue weighted by Gasteiger charge is -2.29. The first-order chi connectivity index (χ1) is 10.8. The van der Waals surface area contributed by atoms with Crippen LogP contribution in [0, 0.1) is 0 Å². The van der Waals surface area contributed by atoms with Crippen LogP contribution in [0.15, 0.2) is 23.1 Å². The van der Waals surface area contributed by atoms with Crippen LogP contribution in [0.1, 0.15) is 32.8 Å². The minimum Gasteiger partial charge on any atom is -0.313 e. The van der Waals surface area contributed by atoms with Crippen LogP contribution >= 0.6 is 0 Å². The number of carbonyl (C=O) groups excluding carboxylic acids is 1. The van der Waals surface area contributed by atoms with Gasteiger partial charge in [0.25, 0.3) is 0 Å². The Morgan fingerprint density at radius 3 is 2.78 bits per heavy atom. The summed E-state index contributed by atoms with van der Waals surface area (Å²) in [4.78, 5) is 13.6. The molecule has 0 saturated heterocycles. The monoisotopic (exact) mass is 339 g/mol. The Bertz CT molecular complexity index is 673. The highest BCUT2D eigenvalue weighted by molar-refractivity contribution is 7.89. The summed E-state index contributed by atoms with van der Waals surface area (Å²) < 4.78 is 27.5. The van der Waals surface area contributed by atoms with Gasteiger partial charge in [-0.1, -0.05) is 13.0 Å². The van der Waals surface area contributed by atoms with Crippen molar-refractivity contribution in [3.63, 3.8) is 0 Å². The van der Waals surface area contributed by atoms with Gasteiger partial charge in [-0.15, -0.1) is 0 Å². The number of sulfonamides is 1. The maximum atomic E-state index is 12.5. The highest BCUT2D eigenvalue weighted by Crippen LogP contribution is 2.29. The molecule has 1 heterocycles. The van der Waals surface area contributed by atoms with E-state index in [-0.39, 0.29) is 16.8 Å². The zero-order valence-corrected chi connectivity index (χ0v) is 14.7. The molecule has 0 saturated carbocycles. The number of nitrogens with one attached hydrogen (secondary N) is 2. The van der Waals surface area contributed by atoms with Gasteiger partial charge in [-0.3, -0.25) is 4.79 Å². The molecule has 0 unspecified atom stereocenters. The maximum absolute atomic E-state index is 12.5. The normalized spacial score (nSPS) is 16.0. The lowest BCUT2D eigenvalue weighted by molar-refractivity contribution is -0.116. The summed E-state index contributed by atoms with van der Waals surface area (Å²) in [6.07, 6.45) is 1.77. The smallest absolute Gasteiger partial charge is 0.240 e. The van der Waals surface area contributed by atoms with Crippen molar-refractivity contribution in [1.82, 2.24) is 10.0 Å². The van der Waals surface area contributed by atoms with E-state index >= 15 is 0 Å². The predicted molar refractivity (Wildman–Crippen MR) is 91.1 cm³/mol. The molecule has 1 aromatic rings. The molecule has 2 N–H and O–H groups in total. The number of hydrogen-bond acceptors (Lipinski definition) is 4. The molecular formula is C16H25N3O3S. The molecule has 1 amide bonds. The number of benzene rings is 1. The number of rotatable bonds is 6. The molecule has 0 spiro atoms. The molecule has 2 rings (SSSR count). The third kappa shape index (κ3) is 4.31. The first-order valence-corrected chi connectivity index (χ1v) is 9.47. The van der Waals surface area contributed by atoms with Crippen molar-refractivity contribution in [2.45, 2.75) is 44.6 Å². The zero-order chi connectivity index (χ0) is 17.0. The molecule has 1 aliphatic heterocycles. The molecule has 7 heteroatoms. The van der Waals surface area contributed by atoms with E-state index in [0.717, 1.165) is 24.9 Å². The molecule has 0 bridgehead atoms. The predicted octanol–water partition coefficient (Wildman–Crippen LogP) is 1.26. The quantitative estimate of drug-likeness (QED) is 0.818. The van der Waals surface area contributed by atoms with Crippen molar-refractivity contribution in [1.29, 1.82) is 0 Å². The summed E-state index contributed by atoms with van der Waals surface area (Å²) in [6.45, 7) is 7.16. The minimum atomic E-state index is -3.58. The Labute approximate surface area is 138 Å². The molecule has 0 radical (unpaired) electrons. The average molecular weight is 339 g/mol. The summed E-state index contributed by atoms with van der Waals surface area (Å²) in [5.41, 5.74) is 1.73. The topological polar surface area (TPSA) is 78.5 Å². The van der Waals surface area contributed by atoms with E-state index in [4.69, 9.17) is 0 Å². The Morgan fingerprint density at radius 1 is 1.39 bits per heavy atom. The Balaban J connectivity index is 2.23. The van der Waals surface area contributed by atoms with Gasteiger partial charge >= 0.3 is 0 Å². The van der Waals surface area contributed by atoms with Gasteiger partial charge in [0.15, 0.2) is 0 Å². The molecule has 0 aromatic heterocycles. The second-order valence-corrected chi connectivity index (χ2v) is 7.64. The van der Waals surface area contributed by atoms with Gasteiger partial charge in [-0.25, -0.2) is 13.1 Å². The minimum absolute atomic E-state index is 0.0566. The van der Waals surface area contributed by atoms with Gasteiger partial charge in [-0.05, 0) is 44.0 Å². The molecule has 6 nitrogen and oxygen atoms in total. The average Bonchev–Trinajstić information content (AvgIpc) is 2.52. The first-order valence-electron chi connectivity index (χ1n) is 7.99. The van der Waals surface area contributed by atoms with Gasteiger partial charge in [-0.2, -0.15) is 0 Å². The van der Waals surface area contributed by atoms with Gasteiger partial charge in [0, 0.05) is 31.7 Å². The van der Waals surface area contributed by atoms with Crippen molar-refractivity contribution >= 4 is 21.6 Å². The van der Waals surface area contributed by atoms with E-state index in [2.05, 4.69) is 10.0 Å². The second-order valence-electron chi connectivity index (χ2n) is 5.88. The number of nitrogens with zero attached hydrogens (tertiary/aromatic N) is 1. The lowest BCUT2D eigenvalue weighted by Crippen LogP contribution is -2.39. The number of hydrogen-bond donors (Lipinski definition) is 2. The first kappa shape index (κ1) is 17.9. The number of aryl methyl sites for hydroxylation is 1. The van der Waals surface area contributed by atoms with E-state index in [0.29, 0.717) is 18.8 Å². The van der Waals surface area contributed by atoms with Crippen LogP contribution in [0.5, 0.6) is 0 Å². The van der Waals surface area contributed by atoms with Crippen molar-refractivity contribution in [2.24, 2.45) is 0 Å². The molecule has 1 aromatic carbocycles. The van der Waals surface area contributed by atoms with Crippen molar-refractivity contribution in [3.8, 4) is 0 Å². The lowest BCUT2D eigenvalue weighted by atomic mass is 10.0. The van der Waals surface area contributed by atoms with Crippen molar-refractivity contribution in [3.05, 3.63) is 23.8 Å². The van der Waals surface area contributed by atoms with Crippen LogP contribution in [0.2, 0.25) is 0 Å². The Morgan fingerprint density at radius 2 is 2.13 bits per heavy atom. The summed E-state index contributed by atoms with van der Waals surface area (Å²) >= 11 is 0. The SMILES string of the molecule is CCN[C@H](C)CNS(=O)(=O)c1ccc2c(c1)N(C(C)=O)CCC2. The molecule has 0 fully saturated rings. The Kier molecular flexibility index (Phi) is 5.78. The fourth-order valence-electron chi connectivity index (χ4n) is 2.79. The van der Waals surface area contributed by atoms with Crippen LogP contribution in [0.4, 0.5) is 5.69 Å². The van der Waals surface area contributed by atoms with E-state index < -0.39 is 10.0 Å². The third-order valence-electron chi connectivity index (χ3n) is 4.00. The van der Waals surface area contributed by atoms with Crippen molar-refractivity contribution < 1.29 is 13.2 Å². The van der Waals surface area contributed by atoms with Gasteiger partial charge < -0.3 is 10.2 Å². The number of likely N-dealkylation sites (N-methyl/N-ethyl adjacent to an activating group) is 1. The standard InChI is InChI=1S/C16H25N3O3S/c1-4-17-12(2)11-18-23(21,22)15-8-7-14-6-5-9-19(13(3)20)16(14)10-15/h7-8,10,12,17-18H,4-6,9,11H2,1-3H3/t12-/m1/s1. The van der Waals surface area contributed by atoms with E-state index in [9.17, 15) is 13.2 Å². The largest absolute Gasteiger partial charge is 0.313 e.